The Morgan fingerprint density at radius 3 is 2.43 bits per heavy atom. The SMILES string of the molecule is COC(=O)CC(NC(=O)c1cnn2c(-c3ccccc3)ccnc12)c1ccccc1. The van der Waals surface area contributed by atoms with Gasteiger partial charge in [-0.05, 0) is 11.6 Å². The highest BCUT2D eigenvalue weighted by atomic mass is 16.5. The van der Waals surface area contributed by atoms with Crippen LogP contribution < -0.4 is 5.32 Å². The van der Waals surface area contributed by atoms with Gasteiger partial charge in [0.25, 0.3) is 5.91 Å². The first-order valence-electron chi connectivity index (χ1n) is 9.48. The topological polar surface area (TPSA) is 85.6 Å². The van der Waals surface area contributed by atoms with Crippen molar-refractivity contribution in [3.05, 3.63) is 90.3 Å². The number of aromatic nitrogens is 3. The van der Waals surface area contributed by atoms with Gasteiger partial charge in [0.2, 0.25) is 0 Å². The molecule has 0 aliphatic rings. The lowest BCUT2D eigenvalue weighted by Gasteiger charge is -2.18. The standard InChI is InChI=1S/C23H20N4O3/c1-30-21(28)14-19(16-8-4-2-5-9-16)26-23(29)18-15-25-27-20(12-13-24-22(18)27)17-10-6-3-7-11-17/h2-13,15,19H,14H2,1H3,(H,26,29). The van der Waals surface area contributed by atoms with Crippen molar-refractivity contribution in [2.45, 2.75) is 12.5 Å². The molecule has 1 atom stereocenters. The van der Waals surface area contributed by atoms with Crippen LogP contribution in [0.2, 0.25) is 0 Å². The minimum absolute atomic E-state index is 0.0220. The molecule has 0 saturated carbocycles. The monoisotopic (exact) mass is 400 g/mol. The fourth-order valence-corrected chi connectivity index (χ4v) is 3.30. The van der Waals surface area contributed by atoms with Gasteiger partial charge in [0.1, 0.15) is 5.56 Å². The van der Waals surface area contributed by atoms with E-state index in [-0.39, 0.29) is 12.3 Å². The zero-order chi connectivity index (χ0) is 20.9. The molecule has 7 heteroatoms. The third-order valence-corrected chi connectivity index (χ3v) is 4.82. The van der Waals surface area contributed by atoms with Gasteiger partial charge in [0.15, 0.2) is 5.65 Å². The van der Waals surface area contributed by atoms with Crippen LogP contribution in [0, 0.1) is 0 Å². The molecule has 0 aliphatic carbocycles. The molecule has 0 radical (unpaired) electrons. The molecule has 2 heterocycles. The van der Waals surface area contributed by atoms with E-state index in [0.717, 1.165) is 16.8 Å². The van der Waals surface area contributed by atoms with Crippen LogP contribution in [0.25, 0.3) is 16.9 Å². The summed E-state index contributed by atoms with van der Waals surface area (Å²) in [5.41, 5.74) is 3.38. The number of rotatable bonds is 6. The highest BCUT2D eigenvalue weighted by molar-refractivity contribution is 6.00. The summed E-state index contributed by atoms with van der Waals surface area (Å²) in [7, 11) is 1.33. The van der Waals surface area contributed by atoms with Crippen molar-refractivity contribution in [3.63, 3.8) is 0 Å². The zero-order valence-corrected chi connectivity index (χ0v) is 16.4. The second kappa shape index (κ2) is 8.57. The predicted molar refractivity (Wildman–Crippen MR) is 112 cm³/mol. The second-order valence-corrected chi connectivity index (χ2v) is 6.71. The molecule has 1 unspecified atom stereocenters. The maximum Gasteiger partial charge on any atom is 0.307 e. The van der Waals surface area contributed by atoms with Gasteiger partial charge >= 0.3 is 5.97 Å². The number of hydrogen-bond donors (Lipinski definition) is 1. The molecule has 1 amide bonds. The van der Waals surface area contributed by atoms with Crippen molar-refractivity contribution in [1.82, 2.24) is 19.9 Å². The molecule has 1 N–H and O–H groups in total. The number of carbonyl (C=O) groups is 2. The van der Waals surface area contributed by atoms with Gasteiger partial charge < -0.3 is 10.1 Å². The number of carbonyl (C=O) groups excluding carboxylic acids is 2. The lowest BCUT2D eigenvalue weighted by atomic mass is 10.0. The average Bonchev–Trinajstić information content (AvgIpc) is 3.24. The van der Waals surface area contributed by atoms with E-state index in [9.17, 15) is 9.59 Å². The number of methoxy groups -OCH3 is 1. The molecule has 0 spiro atoms. The Morgan fingerprint density at radius 1 is 1.03 bits per heavy atom. The van der Waals surface area contributed by atoms with Crippen molar-refractivity contribution >= 4 is 17.5 Å². The molecule has 7 nitrogen and oxygen atoms in total. The highest BCUT2D eigenvalue weighted by Gasteiger charge is 2.22. The normalized spacial score (nSPS) is 11.8. The van der Waals surface area contributed by atoms with Crippen molar-refractivity contribution < 1.29 is 14.3 Å². The van der Waals surface area contributed by atoms with Crippen LogP contribution in [0.3, 0.4) is 0 Å². The minimum Gasteiger partial charge on any atom is -0.469 e. The number of benzene rings is 2. The first-order valence-corrected chi connectivity index (χ1v) is 9.48. The Bertz CT molecular complexity index is 1170. The van der Waals surface area contributed by atoms with Crippen LogP contribution in [0.5, 0.6) is 0 Å². The summed E-state index contributed by atoms with van der Waals surface area (Å²) in [6.07, 6.45) is 3.16. The van der Waals surface area contributed by atoms with E-state index in [1.807, 2.05) is 66.7 Å². The van der Waals surface area contributed by atoms with Crippen LogP contribution in [0.4, 0.5) is 0 Å². The van der Waals surface area contributed by atoms with Gasteiger partial charge in [-0.1, -0.05) is 60.7 Å². The Hall–Kier alpha value is -4.00. The number of ether oxygens (including phenoxy) is 1. The molecule has 30 heavy (non-hydrogen) atoms. The van der Waals surface area contributed by atoms with Crippen LogP contribution in [-0.4, -0.2) is 33.6 Å². The van der Waals surface area contributed by atoms with Crippen LogP contribution in [0.15, 0.2) is 79.1 Å². The third-order valence-electron chi connectivity index (χ3n) is 4.82. The summed E-state index contributed by atoms with van der Waals surface area (Å²) >= 11 is 0. The first kappa shape index (κ1) is 19.3. The van der Waals surface area contributed by atoms with E-state index in [0.29, 0.717) is 11.2 Å². The van der Waals surface area contributed by atoms with E-state index in [2.05, 4.69) is 15.4 Å². The summed E-state index contributed by atoms with van der Waals surface area (Å²) in [6, 6.07) is 20.4. The van der Waals surface area contributed by atoms with Crippen LogP contribution in [-0.2, 0) is 9.53 Å². The summed E-state index contributed by atoms with van der Waals surface area (Å²) in [4.78, 5) is 29.3. The van der Waals surface area contributed by atoms with Crippen molar-refractivity contribution in [3.8, 4) is 11.3 Å². The summed E-state index contributed by atoms with van der Waals surface area (Å²) in [5.74, 6) is -0.769. The van der Waals surface area contributed by atoms with Gasteiger partial charge in [-0.2, -0.15) is 5.10 Å². The molecule has 2 aromatic heterocycles. The highest BCUT2D eigenvalue weighted by Crippen LogP contribution is 2.22. The molecular formula is C23H20N4O3. The van der Waals surface area contributed by atoms with Crippen molar-refractivity contribution in [2.75, 3.05) is 7.11 Å². The fourth-order valence-electron chi connectivity index (χ4n) is 3.30. The lowest BCUT2D eigenvalue weighted by Crippen LogP contribution is -2.30. The van der Waals surface area contributed by atoms with Crippen molar-refractivity contribution in [2.24, 2.45) is 0 Å². The van der Waals surface area contributed by atoms with Gasteiger partial charge in [-0.3, -0.25) is 9.59 Å². The van der Waals surface area contributed by atoms with Gasteiger partial charge in [-0.15, -0.1) is 0 Å². The number of esters is 1. The summed E-state index contributed by atoms with van der Waals surface area (Å²) < 4.78 is 6.43. The third kappa shape index (κ3) is 3.91. The summed E-state index contributed by atoms with van der Waals surface area (Å²) in [6.45, 7) is 0. The maximum absolute atomic E-state index is 13.1. The number of fused-ring (bicyclic) bond motifs is 1. The van der Waals surface area contributed by atoms with Gasteiger partial charge in [0, 0.05) is 11.8 Å². The lowest BCUT2D eigenvalue weighted by molar-refractivity contribution is -0.141. The smallest absolute Gasteiger partial charge is 0.307 e. The maximum atomic E-state index is 13.1. The molecule has 0 aliphatic heterocycles. The van der Waals surface area contributed by atoms with Gasteiger partial charge in [0.05, 0.1) is 31.5 Å². The van der Waals surface area contributed by atoms with E-state index in [1.54, 1.807) is 10.7 Å². The van der Waals surface area contributed by atoms with E-state index in [4.69, 9.17) is 4.74 Å². The molecule has 2 aromatic carbocycles. The largest absolute Gasteiger partial charge is 0.469 e. The quantitative estimate of drug-likeness (QED) is 0.501. The van der Waals surface area contributed by atoms with Crippen molar-refractivity contribution in [1.29, 1.82) is 0 Å². The van der Waals surface area contributed by atoms with Crippen LogP contribution in [0.1, 0.15) is 28.4 Å². The van der Waals surface area contributed by atoms with Crippen LogP contribution >= 0.6 is 0 Å². The number of nitrogens with zero attached hydrogens (tertiary/aromatic N) is 3. The van der Waals surface area contributed by atoms with E-state index < -0.39 is 12.0 Å². The molecule has 0 fully saturated rings. The fraction of sp³-hybridized carbons (Fsp3) is 0.130. The number of hydrogen-bond acceptors (Lipinski definition) is 5. The Kier molecular flexibility index (Phi) is 5.52. The average molecular weight is 400 g/mol. The molecule has 150 valence electrons. The molecular weight excluding hydrogens is 380 g/mol. The Balaban J connectivity index is 1.66. The molecule has 4 aromatic rings. The van der Waals surface area contributed by atoms with Gasteiger partial charge in [-0.25, -0.2) is 9.50 Å². The zero-order valence-electron chi connectivity index (χ0n) is 16.4. The number of amides is 1. The van der Waals surface area contributed by atoms with E-state index >= 15 is 0 Å². The summed E-state index contributed by atoms with van der Waals surface area (Å²) in [5, 5.41) is 7.29. The Labute approximate surface area is 173 Å². The number of nitrogens with one attached hydrogen (secondary N) is 1. The first-order chi connectivity index (χ1) is 14.7. The molecule has 0 saturated heterocycles. The molecule has 4 rings (SSSR count). The second-order valence-electron chi connectivity index (χ2n) is 6.71. The minimum atomic E-state index is -0.529. The van der Waals surface area contributed by atoms with E-state index in [1.165, 1.54) is 13.3 Å². The predicted octanol–water partition coefficient (Wildman–Crippen LogP) is 3.43. The molecule has 0 bridgehead atoms. The Morgan fingerprint density at radius 2 is 1.73 bits per heavy atom.